The molecule has 1 heterocycles. The molecule has 4 aromatic rings. The molecule has 0 spiro atoms. The Morgan fingerprint density at radius 2 is 1.92 bits per heavy atom. The number of benzene rings is 3. The number of nitro groups is 1. The van der Waals surface area contributed by atoms with Crippen LogP contribution in [0.3, 0.4) is 0 Å². The third-order valence-electron chi connectivity index (χ3n) is 5.04. The first-order valence-electron chi connectivity index (χ1n) is 10.8. The number of hydrazone groups is 1. The molecule has 194 valence electrons. The zero-order chi connectivity index (χ0) is 27.2. The van der Waals surface area contributed by atoms with Gasteiger partial charge in [0.05, 0.1) is 27.6 Å². The predicted molar refractivity (Wildman–Crippen MR) is 145 cm³/mol. The molecule has 10 nitrogen and oxygen atoms in total. The summed E-state index contributed by atoms with van der Waals surface area (Å²) in [4.78, 5) is 35.5. The maximum atomic E-state index is 13.0. The fraction of sp³-hybridized carbons (Fsp3) is 0.0800. The van der Waals surface area contributed by atoms with Gasteiger partial charge in [0.2, 0.25) is 0 Å². The van der Waals surface area contributed by atoms with Gasteiger partial charge in [0.1, 0.15) is 5.82 Å². The SMILES string of the molecule is COc1cc(/C=N\NC(=O)c2cc3cc([N+](=O)[O-])ccc3s2)cc(Br)c1OCC(=O)Nc1ccc(F)cc1. The lowest BCUT2D eigenvalue weighted by atomic mass is 10.2. The molecular formula is C25H18BrFN4O6S. The summed E-state index contributed by atoms with van der Waals surface area (Å²) in [5.74, 6) is -0.738. The summed E-state index contributed by atoms with van der Waals surface area (Å²) in [6.45, 7) is -0.325. The van der Waals surface area contributed by atoms with Gasteiger partial charge in [-0.05, 0) is 70.0 Å². The van der Waals surface area contributed by atoms with Crippen LogP contribution in [0.2, 0.25) is 0 Å². The monoisotopic (exact) mass is 600 g/mol. The fourth-order valence-corrected chi connectivity index (χ4v) is 4.81. The zero-order valence-electron chi connectivity index (χ0n) is 19.6. The highest BCUT2D eigenvalue weighted by Crippen LogP contribution is 2.36. The number of carbonyl (C=O) groups excluding carboxylic acids is 2. The van der Waals surface area contributed by atoms with Crippen molar-refractivity contribution in [3.05, 3.63) is 91.5 Å². The second-order valence-electron chi connectivity index (χ2n) is 7.67. The summed E-state index contributed by atoms with van der Waals surface area (Å²) < 4.78 is 25.2. The lowest BCUT2D eigenvalue weighted by Gasteiger charge is -2.13. The van der Waals surface area contributed by atoms with E-state index in [1.54, 1.807) is 24.3 Å². The fourth-order valence-electron chi connectivity index (χ4n) is 3.30. The molecule has 0 saturated carbocycles. The van der Waals surface area contributed by atoms with Gasteiger partial charge in [0, 0.05) is 27.9 Å². The number of anilines is 1. The van der Waals surface area contributed by atoms with Gasteiger partial charge in [0.15, 0.2) is 18.1 Å². The van der Waals surface area contributed by atoms with E-state index in [1.807, 2.05) is 0 Å². The summed E-state index contributed by atoms with van der Waals surface area (Å²) in [5.41, 5.74) is 3.36. The molecule has 0 aliphatic rings. The van der Waals surface area contributed by atoms with Crippen molar-refractivity contribution in [2.75, 3.05) is 19.0 Å². The molecule has 4 rings (SSSR count). The first-order valence-corrected chi connectivity index (χ1v) is 12.4. The number of rotatable bonds is 9. The zero-order valence-corrected chi connectivity index (χ0v) is 22.0. The first-order chi connectivity index (χ1) is 18.2. The summed E-state index contributed by atoms with van der Waals surface area (Å²) in [6.07, 6.45) is 1.40. The van der Waals surface area contributed by atoms with Crippen LogP contribution < -0.4 is 20.2 Å². The van der Waals surface area contributed by atoms with E-state index in [0.717, 1.165) is 4.70 Å². The van der Waals surface area contributed by atoms with Crippen molar-refractivity contribution in [2.45, 2.75) is 0 Å². The third kappa shape index (κ3) is 6.49. The van der Waals surface area contributed by atoms with Gasteiger partial charge in [-0.1, -0.05) is 0 Å². The summed E-state index contributed by atoms with van der Waals surface area (Å²) in [7, 11) is 1.43. The lowest BCUT2D eigenvalue weighted by molar-refractivity contribution is -0.384. The van der Waals surface area contributed by atoms with E-state index in [4.69, 9.17) is 9.47 Å². The molecule has 38 heavy (non-hydrogen) atoms. The predicted octanol–water partition coefficient (Wildman–Crippen LogP) is 5.50. The maximum absolute atomic E-state index is 13.0. The average molecular weight is 601 g/mol. The van der Waals surface area contributed by atoms with Crippen LogP contribution in [0.1, 0.15) is 15.2 Å². The van der Waals surface area contributed by atoms with Gasteiger partial charge in [-0.2, -0.15) is 5.10 Å². The molecule has 3 aromatic carbocycles. The van der Waals surface area contributed by atoms with Crippen molar-refractivity contribution in [2.24, 2.45) is 5.10 Å². The van der Waals surface area contributed by atoms with E-state index in [0.29, 0.717) is 31.7 Å². The van der Waals surface area contributed by atoms with Gasteiger partial charge < -0.3 is 14.8 Å². The van der Waals surface area contributed by atoms with Crippen molar-refractivity contribution in [1.82, 2.24) is 5.43 Å². The highest BCUT2D eigenvalue weighted by atomic mass is 79.9. The number of halogens is 2. The molecule has 2 N–H and O–H groups in total. The Balaban J connectivity index is 1.39. The molecule has 0 bridgehead atoms. The number of hydrogen-bond acceptors (Lipinski definition) is 8. The summed E-state index contributed by atoms with van der Waals surface area (Å²) in [5, 5.41) is 18.1. The van der Waals surface area contributed by atoms with Crippen LogP contribution in [0.4, 0.5) is 15.8 Å². The molecule has 0 aliphatic carbocycles. The van der Waals surface area contributed by atoms with Crippen LogP contribution >= 0.6 is 27.3 Å². The number of thiophene rings is 1. The quantitative estimate of drug-likeness (QED) is 0.148. The van der Waals surface area contributed by atoms with Gasteiger partial charge in [-0.15, -0.1) is 11.3 Å². The van der Waals surface area contributed by atoms with Crippen LogP contribution in [0.15, 0.2) is 70.2 Å². The Morgan fingerprint density at radius 1 is 1.16 bits per heavy atom. The number of nitro benzene ring substituents is 1. The van der Waals surface area contributed by atoms with Crippen molar-refractivity contribution >= 4 is 66.8 Å². The molecular weight excluding hydrogens is 583 g/mol. The number of ether oxygens (including phenoxy) is 2. The van der Waals surface area contributed by atoms with Crippen LogP contribution in [0, 0.1) is 15.9 Å². The number of methoxy groups -OCH3 is 1. The minimum atomic E-state index is -0.493. The standard InChI is InChI=1S/C25H18BrFN4O6S/c1-36-20-9-14(8-19(26)24(20)37-13-23(32)29-17-4-2-16(27)3-5-17)12-28-30-25(33)22-11-15-10-18(31(34)35)6-7-21(15)38-22/h2-12H,13H2,1H3,(H,29,32)(H,30,33)/b28-12-. The topological polar surface area (TPSA) is 132 Å². The van der Waals surface area contributed by atoms with Crippen molar-refractivity contribution in [1.29, 1.82) is 0 Å². The number of fused-ring (bicyclic) bond motifs is 1. The minimum absolute atomic E-state index is 0.0549. The van der Waals surface area contributed by atoms with Crippen LogP contribution in [-0.2, 0) is 4.79 Å². The van der Waals surface area contributed by atoms with E-state index >= 15 is 0 Å². The average Bonchev–Trinajstić information content (AvgIpc) is 3.33. The maximum Gasteiger partial charge on any atom is 0.281 e. The van der Waals surface area contributed by atoms with Crippen LogP contribution in [0.5, 0.6) is 11.5 Å². The molecule has 2 amide bonds. The summed E-state index contributed by atoms with van der Waals surface area (Å²) in [6, 6.07) is 14.5. The van der Waals surface area contributed by atoms with Crippen molar-refractivity contribution in [3.8, 4) is 11.5 Å². The Morgan fingerprint density at radius 3 is 2.63 bits per heavy atom. The van der Waals surface area contributed by atoms with E-state index in [9.17, 15) is 24.1 Å². The third-order valence-corrected chi connectivity index (χ3v) is 6.75. The van der Waals surface area contributed by atoms with Gasteiger partial charge in [0.25, 0.3) is 17.5 Å². The van der Waals surface area contributed by atoms with E-state index in [1.165, 1.54) is 61.1 Å². The number of non-ortho nitro benzene ring substituents is 1. The first kappa shape index (κ1) is 26.7. The molecule has 0 radical (unpaired) electrons. The largest absolute Gasteiger partial charge is 0.493 e. The van der Waals surface area contributed by atoms with Gasteiger partial charge in [-0.25, -0.2) is 9.82 Å². The Hall–Kier alpha value is -4.36. The highest BCUT2D eigenvalue weighted by Gasteiger charge is 2.15. The van der Waals surface area contributed by atoms with E-state index < -0.39 is 22.6 Å². The number of carbonyl (C=O) groups is 2. The van der Waals surface area contributed by atoms with Crippen molar-refractivity contribution in [3.63, 3.8) is 0 Å². The molecule has 0 atom stereocenters. The highest BCUT2D eigenvalue weighted by molar-refractivity contribution is 9.10. The number of nitrogens with zero attached hydrogens (tertiary/aromatic N) is 2. The molecule has 13 heteroatoms. The van der Waals surface area contributed by atoms with Crippen molar-refractivity contribution < 1.29 is 28.4 Å². The molecule has 0 fully saturated rings. The number of nitrogens with one attached hydrogen (secondary N) is 2. The van der Waals surface area contributed by atoms with E-state index in [2.05, 4.69) is 31.8 Å². The van der Waals surface area contributed by atoms with E-state index in [-0.39, 0.29) is 18.0 Å². The van der Waals surface area contributed by atoms with Gasteiger partial charge >= 0.3 is 0 Å². The smallest absolute Gasteiger partial charge is 0.281 e. The van der Waals surface area contributed by atoms with Crippen LogP contribution in [0.25, 0.3) is 10.1 Å². The minimum Gasteiger partial charge on any atom is -0.493 e. The Bertz CT molecular complexity index is 1560. The second-order valence-corrected chi connectivity index (χ2v) is 9.60. The molecule has 0 aliphatic heterocycles. The summed E-state index contributed by atoms with van der Waals surface area (Å²) >= 11 is 4.57. The van der Waals surface area contributed by atoms with Crippen LogP contribution in [-0.4, -0.2) is 36.7 Å². The second kappa shape index (κ2) is 11.8. The number of hydrogen-bond donors (Lipinski definition) is 2. The lowest BCUT2D eigenvalue weighted by Crippen LogP contribution is -2.20. The molecule has 1 aromatic heterocycles. The Labute approximate surface area is 227 Å². The molecule has 0 unspecified atom stereocenters. The normalized spacial score (nSPS) is 10.9. The number of amides is 2. The van der Waals surface area contributed by atoms with Gasteiger partial charge in [-0.3, -0.25) is 19.7 Å². The Kier molecular flexibility index (Phi) is 8.28. The molecule has 0 saturated heterocycles.